The molecule has 1 aliphatic carbocycles. The molecular weight excluding hydrogens is 240 g/mol. The van der Waals surface area contributed by atoms with Gasteiger partial charge >= 0.3 is 5.97 Å². The molecule has 6 atom stereocenters. The number of hydrogen-bond acceptors (Lipinski definition) is 5. The quantitative estimate of drug-likeness (QED) is 0.548. The number of hydrogen-bond donors (Lipinski definition) is 3. The topological polar surface area (TPSA) is 104 Å². The minimum atomic E-state index is -1.89. The molecule has 6 nitrogen and oxygen atoms in total. The molecule has 3 N–H and O–H groups in total. The van der Waals surface area contributed by atoms with E-state index in [0.29, 0.717) is 0 Å². The van der Waals surface area contributed by atoms with Crippen LogP contribution in [0.1, 0.15) is 27.2 Å². The predicted molar refractivity (Wildman–Crippen MR) is 61.9 cm³/mol. The maximum Gasteiger partial charge on any atom is 0.375 e. The van der Waals surface area contributed by atoms with E-state index in [2.05, 4.69) is 0 Å². The smallest absolute Gasteiger partial charge is 0.375 e. The molecule has 18 heavy (non-hydrogen) atoms. The van der Waals surface area contributed by atoms with Crippen molar-refractivity contribution in [2.24, 2.45) is 11.8 Å². The van der Waals surface area contributed by atoms with Crippen molar-refractivity contribution < 1.29 is 29.6 Å². The monoisotopic (exact) mass is 260 g/mol. The van der Waals surface area contributed by atoms with E-state index in [1.807, 2.05) is 20.8 Å². The molecule has 1 rings (SSSR count). The fourth-order valence-corrected chi connectivity index (χ4v) is 2.03. The van der Waals surface area contributed by atoms with Gasteiger partial charge in [0.25, 0.3) is 5.78 Å². The van der Waals surface area contributed by atoms with Gasteiger partial charge in [-0.2, -0.15) is 0 Å². The zero-order chi connectivity index (χ0) is 14.0. The number of carboxylic acids is 1. The van der Waals surface area contributed by atoms with E-state index < -0.39 is 29.9 Å². The molecule has 0 saturated heterocycles. The predicted octanol–water partition coefficient (Wildman–Crippen LogP) is -0.189. The lowest BCUT2D eigenvalue weighted by Gasteiger charge is -2.16. The average molecular weight is 260 g/mol. The lowest BCUT2D eigenvalue weighted by Crippen LogP contribution is -2.40. The van der Waals surface area contributed by atoms with E-state index in [-0.39, 0.29) is 18.1 Å². The molecule has 0 spiro atoms. The van der Waals surface area contributed by atoms with Crippen LogP contribution in [0.5, 0.6) is 0 Å². The van der Waals surface area contributed by atoms with Crippen molar-refractivity contribution in [2.75, 3.05) is 0 Å². The molecule has 0 amide bonds. The molecule has 0 bridgehead atoms. The fraction of sp³-hybridized carbons (Fsp3) is 0.833. The van der Waals surface area contributed by atoms with Gasteiger partial charge in [0.2, 0.25) is 0 Å². The van der Waals surface area contributed by atoms with Gasteiger partial charge in [0.1, 0.15) is 6.10 Å². The molecule has 0 radical (unpaired) electrons. The summed E-state index contributed by atoms with van der Waals surface area (Å²) >= 11 is 0. The maximum absolute atomic E-state index is 11.1. The van der Waals surface area contributed by atoms with E-state index in [1.165, 1.54) is 0 Å². The molecule has 0 aromatic rings. The average Bonchev–Trinajstić information content (AvgIpc) is 2.96. The number of aliphatic hydroxyl groups is 2. The summed E-state index contributed by atoms with van der Waals surface area (Å²) in [6.07, 6.45) is -2.66. The fourth-order valence-electron chi connectivity index (χ4n) is 2.03. The highest BCUT2D eigenvalue weighted by atomic mass is 16.5. The number of carbonyl (C=O) groups is 2. The Bertz CT molecular complexity index is 329. The third-order valence-corrected chi connectivity index (χ3v) is 3.53. The van der Waals surface area contributed by atoms with E-state index in [4.69, 9.17) is 9.84 Å². The number of ether oxygens (including phenoxy) is 1. The van der Waals surface area contributed by atoms with Crippen LogP contribution in [0.15, 0.2) is 0 Å². The van der Waals surface area contributed by atoms with Crippen LogP contribution in [0.3, 0.4) is 0 Å². The van der Waals surface area contributed by atoms with Crippen LogP contribution in [0, 0.1) is 11.8 Å². The number of Topliss-reactive ketones (excluding diaryl/α,β-unsaturated/α-hetero) is 1. The van der Waals surface area contributed by atoms with Crippen LogP contribution < -0.4 is 0 Å². The first-order chi connectivity index (χ1) is 8.31. The highest BCUT2D eigenvalue weighted by molar-refractivity contribution is 6.34. The Morgan fingerprint density at radius 1 is 1.33 bits per heavy atom. The summed E-state index contributed by atoms with van der Waals surface area (Å²) in [6, 6.07) is 0. The second-order valence-electron chi connectivity index (χ2n) is 4.86. The summed E-state index contributed by atoms with van der Waals surface area (Å²) in [5.74, 6) is -3.51. The first kappa shape index (κ1) is 15.1. The van der Waals surface area contributed by atoms with Crippen molar-refractivity contribution in [1.29, 1.82) is 0 Å². The van der Waals surface area contributed by atoms with Gasteiger partial charge in [0.05, 0.1) is 18.3 Å². The molecule has 0 aromatic carbocycles. The van der Waals surface area contributed by atoms with E-state index >= 15 is 0 Å². The SMILES string of the molecule is CCC(C)OC1C(C)C1C(O)C(O)C(=O)C(=O)O. The van der Waals surface area contributed by atoms with Crippen LogP contribution in [0.4, 0.5) is 0 Å². The summed E-state index contributed by atoms with van der Waals surface area (Å²) in [6.45, 7) is 5.69. The molecule has 1 saturated carbocycles. The molecule has 0 aliphatic heterocycles. The van der Waals surface area contributed by atoms with Crippen molar-refractivity contribution in [3.05, 3.63) is 0 Å². The van der Waals surface area contributed by atoms with Gasteiger partial charge in [-0.25, -0.2) is 4.79 Å². The molecule has 1 aliphatic rings. The van der Waals surface area contributed by atoms with Gasteiger partial charge in [-0.3, -0.25) is 4.79 Å². The number of aliphatic carboxylic acids is 1. The Balaban J connectivity index is 2.56. The van der Waals surface area contributed by atoms with Crippen molar-refractivity contribution >= 4 is 11.8 Å². The third kappa shape index (κ3) is 3.07. The standard InChI is InChI=1S/C12H20O6/c1-4-5(2)18-11-6(3)7(11)8(13)9(14)10(15)12(16)17/h5-9,11,13-14H,4H2,1-3H3,(H,16,17). The lowest BCUT2D eigenvalue weighted by molar-refractivity contribution is -0.156. The van der Waals surface area contributed by atoms with Crippen molar-refractivity contribution in [2.45, 2.75) is 51.6 Å². The summed E-state index contributed by atoms with van der Waals surface area (Å²) in [4.78, 5) is 21.5. The summed E-state index contributed by atoms with van der Waals surface area (Å²) < 4.78 is 5.62. The minimum absolute atomic E-state index is 0.00486. The molecule has 0 aromatic heterocycles. The van der Waals surface area contributed by atoms with Crippen molar-refractivity contribution in [3.8, 4) is 0 Å². The zero-order valence-corrected chi connectivity index (χ0v) is 10.7. The molecule has 6 unspecified atom stereocenters. The summed E-state index contributed by atoms with van der Waals surface area (Å²) in [5.41, 5.74) is 0. The van der Waals surface area contributed by atoms with Gasteiger partial charge in [0.15, 0.2) is 0 Å². The second-order valence-corrected chi connectivity index (χ2v) is 4.86. The highest BCUT2D eigenvalue weighted by Crippen LogP contribution is 2.45. The minimum Gasteiger partial charge on any atom is -0.475 e. The van der Waals surface area contributed by atoms with E-state index in [1.54, 1.807) is 0 Å². The summed E-state index contributed by atoms with van der Waals surface area (Å²) in [7, 11) is 0. The number of carboxylic acid groups (broad SMARTS) is 1. The van der Waals surface area contributed by atoms with E-state index in [0.717, 1.165) is 6.42 Å². The molecule has 6 heteroatoms. The van der Waals surface area contributed by atoms with Gasteiger partial charge in [-0.15, -0.1) is 0 Å². The van der Waals surface area contributed by atoms with Crippen LogP contribution >= 0.6 is 0 Å². The van der Waals surface area contributed by atoms with Gasteiger partial charge in [-0.1, -0.05) is 13.8 Å². The Kier molecular flexibility index (Phi) is 4.84. The summed E-state index contributed by atoms with van der Waals surface area (Å²) in [5, 5.41) is 27.7. The number of carbonyl (C=O) groups excluding carboxylic acids is 1. The number of aliphatic hydroxyl groups excluding tert-OH is 2. The first-order valence-corrected chi connectivity index (χ1v) is 6.10. The zero-order valence-electron chi connectivity index (χ0n) is 10.7. The Labute approximate surface area is 106 Å². The Hall–Kier alpha value is -0.980. The molecular formula is C12H20O6. The third-order valence-electron chi connectivity index (χ3n) is 3.53. The maximum atomic E-state index is 11.1. The van der Waals surface area contributed by atoms with Crippen molar-refractivity contribution in [3.63, 3.8) is 0 Å². The van der Waals surface area contributed by atoms with Crippen LogP contribution in [-0.2, 0) is 14.3 Å². The van der Waals surface area contributed by atoms with E-state index in [9.17, 15) is 19.8 Å². The largest absolute Gasteiger partial charge is 0.475 e. The Morgan fingerprint density at radius 3 is 2.33 bits per heavy atom. The molecule has 1 fully saturated rings. The molecule has 0 heterocycles. The number of rotatable bonds is 7. The van der Waals surface area contributed by atoms with Crippen LogP contribution in [-0.4, -0.2) is 51.5 Å². The van der Waals surface area contributed by atoms with Crippen LogP contribution in [0.25, 0.3) is 0 Å². The highest BCUT2D eigenvalue weighted by Gasteiger charge is 2.55. The van der Waals surface area contributed by atoms with Gasteiger partial charge < -0.3 is 20.1 Å². The van der Waals surface area contributed by atoms with Crippen molar-refractivity contribution in [1.82, 2.24) is 0 Å². The first-order valence-electron chi connectivity index (χ1n) is 6.10. The van der Waals surface area contributed by atoms with Gasteiger partial charge in [0, 0.05) is 5.92 Å². The normalized spacial score (nSPS) is 31.5. The Morgan fingerprint density at radius 2 is 1.89 bits per heavy atom. The van der Waals surface area contributed by atoms with Crippen LogP contribution in [0.2, 0.25) is 0 Å². The lowest BCUT2D eigenvalue weighted by atomic mass is 10.0. The molecule has 104 valence electrons. The number of ketones is 1. The second kappa shape index (κ2) is 5.77. The van der Waals surface area contributed by atoms with Gasteiger partial charge in [-0.05, 0) is 19.3 Å².